The van der Waals surface area contributed by atoms with Crippen molar-refractivity contribution < 1.29 is 13.6 Å². The average molecular weight is 387 g/mol. The summed E-state index contributed by atoms with van der Waals surface area (Å²) in [4.78, 5) is 12.2. The van der Waals surface area contributed by atoms with Gasteiger partial charge < -0.3 is 5.32 Å². The van der Waals surface area contributed by atoms with Gasteiger partial charge in [-0.15, -0.1) is 11.3 Å². The molecule has 1 unspecified atom stereocenters. The number of aromatic nitrogens is 2. The third kappa shape index (κ3) is 3.70. The summed E-state index contributed by atoms with van der Waals surface area (Å²) in [6.07, 6.45) is 4.54. The second-order valence-corrected chi connectivity index (χ2v) is 7.70. The molecule has 2 aromatic heterocycles. The van der Waals surface area contributed by atoms with Crippen LogP contribution in [0.15, 0.2) is 35.8 Å². The summed E-state index contributed by atoms with van der Waals surface area (Å²) in [5, 5.41) is 9.90. The van der Waals surface area contributed by atoms with Gasteiger partial charge in [-0.1, -0.05) is 0 Å². The lowest BCUT2D eigenvalue weighted by molar-refractivity contribution is 0.102. The van der Waals surface area contributed by atoms with Gasteiger partial charge in [0.15, 0.2) is 5.78 Å². The van der Waals surface area contributed by atoms with Crippen molar-refractivity contribution in [3.63, 3.8) is 0 Å². The zero-order valence-corrected chi connectivity index (χ0v) is 15.7. The third-order valence-electron chi connectivity index (χ3n) is 4.83. The fourth-order valence-corrected chi connectivity index (χ4v) is 4.36. The van der Waals surface area contributed by atoms with Crippen LogP contribution in [0, 0.1) is 11.6 Å². The minimum Gasteiger partial charge on any atom is -0.306 e. The Hall–Kier alpha value is -2.38. The molecule has 1 N–H and O–H groups in total. The molecule has 3 aromatic rings. The number of nitrogens with one attached hydrogen (secondary N) is 1. The van der Waals surface area contributed by atoms with Crippen molar-refractivity contribution in [3.8, 4) is 5.69 Å². The first-order valence-corrected chi connectivity index (χ1v) is 9.74. The lowest BCUT2D eigenvalue weighted by Crippen LogP contribution is -2.24. The molecule has 4 rings (SSSR count). The van der Waals surface area contributed by atoms with Crippen LogP contribution in [0.1, 0.15) is 52.3 Å². The lowest BCUT2D eigenvalue weighted by atomic mass is 9.92. The SMILES string of the molecule is CC(=O)c1cc(CNC2CCCc3c2cnn3-c2cc(F)cc(F)c2)cs1. The topological polar surface area (TPSA) is 46.9 Å². The Morgan fingerprint density at radius 3 is 2.78 bits per heavy atom. The van der Waals surface area contributed by atoms with E-state index in [1.807, 2.05) is 11.4 Å². The monoisotopic (exact) mass is 387 g/mol. The first-order chi connectivity index (χ1) is 13.0. The van der Waals surface area contributed by atoms with Gasteiger partial charge in [0.05, 0.1) is 16.8 Å². The van der Waals surface area contributed by atoms with Crippen LogP contribution in [0.4, 0.5) is 8.78 Å². The van der Waals surface area contributed by atoms with Crippen molar-refractivity contribution in [2.45, 2.75) is 38.8 Å². The van der Waals surface area contributed by atoms with E-state index in [4.69, 9.17) is 0 Å². The van der Waals surface area contributed by atoms with E-state index < -0.39 is 11.6 Å². The molecular formula is C20H19F2N3OS. The number of ketones is 1. The molecular weight excluding hydrogens is 368 g/mol. The van der Waals surface area contributed by atoms with Crippen LogP contribution >= 0.6 is 11.3 Å². The predicted octanol–water partition coefficient (Wildman–Crippen LogP) is 4.58. The molecule has 1 aliphatic rings. The molecule has 0 radical (unpaired) electrons. The van der Waals surface area contributed by atoms with Crippen LogP contribution in [0.25, 0.3) is 5.69 Å². The number of nitrogens with zero attached hydrogens (tertiary/aromatic N) is 2. The molecule has 0 saturated heterocycles. The predicted molar refractivity (Wildman–Crippen MR) is 100 cm³/mol. The average Bonchev–Trinajstić information content (AvgIpc) is 3.26. The molecule has 0 bridgehead atoms. The number of carbonyl (C=O) groups excluding carboxylic acids is 1. The summed E-state index contributed by atoms with van der Waals surface area (Å²) in [5.41, 5.74) is 3.53. The largest absolute Gasteiger partial charge is 0.306 e. The Balaban J connectivity index is 1.55. The molecule has 27 heavy (non-hydrogen) atoms. The first kappa shape index (κ1) is 18.0. The number of rotatable bonds is 5. The molecule has 1 atom stereocenters. The van der Waals surface area contributed by atoms with Crippen molar-refractivity contribution in [3.05, 3.63) is 69.2 Å². The van der Waals surface area contributed by atoms with E-state index in [9.17, 15) is 13.6 Å². The Labute approximate surface area is 159 Å². The van der Waals surface area contributed by atoms with Crippen LogP contribution in [-0.2, 0) is 13.0 Å². The van der Waals surface area contributed by atoms with Crippen LogP contribution in [-0.4, -0.2) is 15.6 Å². The maximum atomic E-state index is 13.6. The van der Waals surface area contributed by atoms with Gasteiger partial charge in [-0.2, -0.15) is 5.10 Å². The molecule has 7 heteroatoms. The van der Waals surface area contributed by atoms with Crippen molar-refractivity contribution in [2.24, 2.45) is 0 Å². The van der Waals surface area contributed by atoms with Crippen LogP contribution < -0.4 is 5.32 Å². The van der Waals surface area contributed by atoms with Crippen LogP contribution in [0.3, 0.4) is 0 Å². The van der Waals surface area contributed by atoms with Gasteiger partial charge in [0.2, 0.25) is 0 Å². The number of fused-ring (bicyclic) bond motifs is 1. The summed E-state index contributed by atoms with van der Waals surface area (Å²) >= 11 is 1.46. The van der Waals surface area contributed by atoms with Gasteiger partial charge in [-0.3, -0.25) is 4.79 Å². The number of benzene rings is 1. The van der Waals surface area contributed by atoms with E-state index in [0.717, 1.165) is 47.0 Å². The van der Waals surface area contributed by atoms with E-state index >= 15 is 0 Å². The zero-order valence-electron chi connectivity index (χ0n) is 14.8. The molecule has 140 valence electrons. The summed E-state index contributed by atoms with van der Waals surface area (Å²) in [7, 11) is 0. The first-order valence-electron chi connectivity index (χ1n) is 8.86. The lowest BCUT2D eigenvalue weighted by Gasteiger charge is -2.24. The standard InChI is InChI=1S/C20H19F2N3OS/c1-12(26)20-5-13(11-27-20)9-23-18-3-2-4-19-17(18)10-24-25(19)16-7-14(21)6-15(22)8-16/h5-8,10-11,18,23H,2-4,9H2,1H3. The maximum absolute atomic E-state index is 13.6. The van der Waals surface area contributed by atoms with Gasteiger partial charge in [-0.05, 0) is 55.3 Å². The highest BCUT2D eigenvalue weighted by Crippen LogP contribution is 2.31. The highest BCUT2D eigenvalue weighted by atomic mass is 32.1. The Bertz CT molecular complexity index is 975. The number of halogens is 2. The summed E-state index contributed by atoms with van der Waals surface area (Å²) in [6.45, 7) is 2.23. The van der Waals surface area contributed by atoms with Crippen molar-refractivity contribution in [1.29, 1.82) is 0 Å². The normalized spacial score (nSPS) is 16.3. The molecule has 1 aromatic carbocycles. The van der Waals surface area contributed by atoms with Gasteiger partial charge in [-0.25, -0.2) is 13.5 Å². The number of carbonyl (C=O) groups is 1. The maximum Gasteiger partial charge on any atom is 0.169 e. The minimum atomic E-state index is -0.613. The number of thiophene rings is 1. The Kier molecular flexibility index (Phi) is 4.88. The molecule has 0 fully saturated rings. The van der Waals surface area contributed by atoms with Gasteiger partial charge in [0.25, 0.3) is 0 Å². The van der Waals surface area contributed by atoms with E-state index in [-0.39, 0.29) is 11.8 Å². The number of hydrogen-bond donors (Lipinski definition) is 1. The second kappa shape index (κ2) is 7.32. The Morgan fingerprint density at radius 1 is 1.30 bits per heavy atom. The molecule has 4 nitrogen and oxygen atoms in total. The zero-order chi connectivity index (χ0) is 19.0. The highest BCUT2D eigenvalue weighted by molar-refractivity contribution is 7.12. The number of hydrogen-bond acceptors (Lipinski definition) is 4. The summed E-state index contributed by atoms with van der Waals surface area (Å²) in [5.74, 6) is -1.15. The van der Waals surface area contributed by atoms with Crippen LogP contribution in [0.2, 0.25) is 0 Å². The fourth-order valence-electron chi connectivity index (χ4n) is 3.55. The molecule has 1 aliphatic carbocycles. The quantitative estimate of drug-likeness (QED) is 0.652. The molecule has 0 saturated carbocycles. The molecule has 0 aliphatic heterocycles. The molecule has 0 spiro atoms. The fraction of sp³-hybridized carbons (Fsp3) is 0.300. The van der Waals surface area contributed by atoms with Gasteiger partial charge in [0, 0.05) is 29.9 Å². The number of Topliss-reactive ketones (excluding diaryl/α,β-unsaturated/α-hetero) is 1. The van der Waals surface area contributed by atoms with Crippen LogP contribution in [0.5, 0.6) is 0 Å². The van der Waals surface area contributed by atoms with Crippen molar-refractivity contribution >= 4 is 17.1 Å². The Morgan fingerprint density at radius 2 is 2.07 bits per heavy atom. The van der Waals surface area contributed by atoms with E-state index in [2.05, 4.69) is 10.4 Å². The second-order valence-electron chi connectivity index (χ2n) is 6.79. The molecule has 0 amide bonds. The van der Waals surface area contributed by atoms with Crippen molar-refractivity contribution in [2.75, 3.05) is 0 Å². The summed E-state index contributed by atoms with van der Waals surface area (Å²) < 4.78 is 28.8. The molecule has 2 heterocycles. The van der Waals surface area contributed by atoms with E-state index in [0.29, 0.717) is 12.2 Å². The van der Waals surface area contributed by atoms with Gasteiger partial charge in [0.1, 0.15) is 11.6 Å². The highest BCUT2D eigenvalue weighted by Gasteiger charge is 2.25. The smallest absolute Gasteiger partial charge is 0.169 e. The summed E-state index contributed by atoms with van der Waals surface area (Å²) in [6, 6.07) is 5.49. The minimum absolute atomic E-state index is 0.0785. The van der Waals surface area contributed by atoms with E-state index in [1.165, 1.54) is 23.5 Å². The van der Waals surface area contributed by atoms with Crippen molar-refractivity contribution in [1.82, 2.24) is 15.1 Å². The van der Waals surface area contributed by atoms with E-state index in [1.54, 1.807) is 17.8 Å². The third-order valence-corrected chi connectivity index (χ3v) is 5.91. The van der Waals surface area contributed by atoms with Gasteiger partial charge >= 0.3 is 0 Å².